The van der Waals surface area contributed by atoms with Crippen LogP contribution in [0.3, 0.4) is 0 Å². The van der Waals surface area contributed by atoms with Crippen molar-refractivity contribution in [3.8, 4) is 6.07 Å². The topological polar surface area (TPSA) is 86.8 Å². The standard InChI is InChI=1S/C16H13N5O/c17-10-12-4-1-2-6-14(12)20-15-7-8-18-16(21-15)19-11-13-5-3-9-22-13/h1-9H,11H2,(H2,18,19,20,21). The third kappa shape index (κ3) is 3.22. The predicted molar refractivity (Wildman–Crippen MR) is 82.5 cm³/mol. The van der Waals surface area contributed by atoms with Crippen molar-refractivity contribution in [1.29, 1.82) is 5.26 Å². The van der Waals surface area contributed by atoms with Crippen molar-refractivity contribution in [2.24, 2.45) is 0 Å². The number of aromatic nitrogens is 2. The highest BCUT2D eigenvalue weighted by Gasteiger charge is 2.04. The van der Waals surface area contributed by atoms with E-state index in [0.717, 1.165) is 5.76 Å². The molecule has 0 saturated carbocycles. The summed E-state index contributed by atoms with van der Waals surface area (Å²) in [5.41, 5.74) is 1.27. The lowest BCUT2D eigenvalue weighted by molar-refractivity contribution is 0.517. The summed E-state index contributed by atoms with van der Waals surface area (Å²) in [6, 6.07) is 14.8. The highest BCUT2D eigenvalue weighted by Crippen LogP contribution is 2.19. The minimum atomic E-state index is 0.482. The molecular weight excluding hydrogens is 278 g/mol. The first-order valence-electron chi connectivity index (χ1n) is 6.70. The highest BCUT2D eigenvalue weighted by atomic mass is 16.3. The number of para-hydroxylation sites is 1. The van der Waals surface area contributed by atoms with E-state index in [4.69, 9.17) is 9.68 Å². The normalized spacial score (nSPS) is 9.95. The van der Waals surface area contributed by atoms with Crippen LogP contribution in [0.15, 0.2) is 59.3 Å². The summed E-state index contributed by atoms with van der Waals surface area (Å²) >= 11 is 0. The average Bonchev–Trinajstić information content (AvgIpc) is 3.07. The van der Waals surface area contributed by atoms with Crippen LogP contribution in [-0.2, 0) is 6.54 Å². The SMILES string of the molecule is N#Cc1ccccc1Nc1ccnc(NCc2ccco2)n1. The molecule has 0 bridgehead atoms. The Morgan fingerprint density at radius 1 is 1.14 bits per heavy atom. The maximum absolute atomic E-state index is 9.10. The van der Waals surface area contributed by atoms with Gasteiger partial charge in [0, 0.05) is 6.20 Å². The molecule has 3 rings (SSSR count). The highest BCUT2D eigenvalue weighted by molar-refractivity contribution is 5.64. The fourth-order valence-corrected chi connectivity index (χ4v) is 1.92. The Bertz CT molecular complexity index is 792. The Morgan fingerprint density at radius 3 is 2.86 bits per heavy atom. The van der Waals surface area contributed by atoms with Crippen LogP contribution in [0.1, 0.15) is 11.3 Å². The molecule has 0 unspecified atom stereocenters. The molecule has 3 aromatic rings. The van der Waals surface area contributed by atoms with Crippen molar-refractivity contribution in [3.63, 3.8) is 0 Å². The van der Waals surface area contributed by atoms with Gasteiger partial charge in [0.1, 0.15) is 17.6 Å². The largest absolute Gasteiger partial charge is 0.467 e. The zero-order chi connectivity index (χ0) is 15.2. The van der Waals surface area contributed by atoms with Crippen LogP contribution in [0, 0.1) is 11.3 Å². The van der Waals surface area contributed by atoms with E-state index in [-0.39, 0.29) is 0 Å². The molecular formula is C16H13N5O. The van der Waals surface area contributed by atoms with Gasteiger partial charge >= 0.3 is 0 Å². The summed E-state index contributed by atoms with van der Waals surface area (Å²) in [4.78, 5) is 8.51. The second-order valence-electron chi connectivity index (χ2n) is 4.48. The van der Waals surface area contributed by atoms with Crippen molar-refractivity contribution in [2.45, 2.75) is 6.54 Å². The second-order valence-corrected chi connectivity index (χ2v) is 4.48. The lowest BCUT2D eigenvalue weighted by atomic mass is 10.2. The molecule has 0 atom stereocenters. The quantitative estimate of drug-likeness (QED) is 0.750. The van der Waals surface area contributed by atoms with E-state index >= 15 is 0 Å². The van der Waals surface area contributed by atoms with E-state index in [9.17, 15) is 0 Å². The maximum Gasteiger partial charge on any atom is 0.224 e. The Balaban J connectivity index is 1.72. The summed E-state index contributed by atoms with van der Waals surface area (Å²) in [6.07, 6.45) is 3.27. The van der Waals surface area contributed by atoms with E-state index in [1.807, 2.05) is 30.3 Å². The molecule has 22 heavy (non-hydrogen) atoms. The van der Waals surface area contributed by atoms with Crippen molar-refractivity contribution in [3.05, 3.63) is 66.2 Å². The molecule has 0 aliphatic carbocycles. The zero-order valence-corrected chi connectivity index (χ0v) is 11.7. The summed E-state index contributed by atoms with van der Waals surface area (Å²) < 4.78 is 5.24. The van der Waals surface area contributed by atoms with E-state index in [1.165, 1.54) is 0 Å². The van der Waals surface area contributed by atoms with Crippen molar-refractivity contribution in [1.82, 2.24) is 9.97 Å². The Morgan fingerprint density at radius 2 is 2.05 bits per heavy atom. The predicted octanol–water partition coefficient (Wildman–Crippen LogP) is 3.30. The van der Waals surface area contributed by atoms with Crippen LogP contribution in [0.25, 0.3) is 0 Å². The van der Waals surface area contributed by atoms with E-state index in [2.05, 4.69) is 26.7 Å². The van der Waals surface area contributed by atoms with Gasteiger partial charge in [0.15, 0.2) is 0 Å². The smallest absolute Gasteiger partial charge is 0.224 e. The molecule has 0 radical (unpaired) electrons. The summed E-state index contributed by atoms with van der Waals surface area (Å²) in [7, 11) is 0. The van der Waals surface area contributed by atoms with Crippen LogP contribution >= 0.6 is 0 Å². The first-order chi connectivity index (χ1) is 10.8. The summed E-state index contributed by atoms with van der Waals surface area (Å²) in [5, 5.41) is 15.3. The third-order valence-corrected chi connectivity index (χ3v) is 2.97. The van der Waals surface area contributed by atoms with Gasteiger partial charge in [-0.15, -0.1) is 0 Å². The molecule has 108 valence electrons. The first kappa shape index (κ1) is 13.6. The minimum absolute atomic E-state index is 0.482. The molecule has 0 spiro atoms. The van der Waals surface area contributed by atoms with Gasteiger partial charge in [0.2, 0.25) is 5.95 Å². The molecule has 0 fully saturated rings. The van der Waals surface area contributed by atoms with Crippen molar-refractivity contribution < 1.29 is 4.42 Å². The summed E-state index contributed by atoms with van der Waals surface area (Å²) in [6.45, 7) is 0.505. The maximum atomic E-state index is 9.10. The number of rotatable bonds is 5. The van der Waals surface area contributed by atoms with Crippen molar-refractivity contribution >= 4 is 17.5 Å². The lowest BCUT2D eigenvalue weighted by Gasteiger charge is -2.08. The minimum Gasteiger partial charge on any atom is -0.467 e. The van der Waals surface area contributed by atoms with Gasteiger partial charge < -0.3 is 15.1 Å². The second kappa shape index (κ2) is 6.41. The van der Waals surface area contributed by atoms with Crippen LogP contribution in [0.4, 0.5) is 17.5 Å². The van der Waals surface area contributed by atoms with Gasteiger partial charge in [-0.05, 0) is 30.3 Å². The van der Waals surface area contributed by atoms with E-state index in [0.29, 0.717) is 29.6 Å². The fourth-order valence-electron chi connectivity index (χ4n) is 1.92. The molecule has 2 heterocycles. The lowest BCUT2D eigenvalue weighted by Crippen LogP contribution is -2.04. The van der Waals surface area contributed by atoms with Gasteiger partial charge in [-0.1, -0.05) is 12.1 Å². The number of nitriles is 1. The zero-order valence-electron chi connectivity index (χ0n) is 11.7. The van der Waals surface area contributed by atoms with Gasteiger partial charge in [0.25, 0.3) is 0 Å². The van der Waals surface area contributed by atoms with Crippen LogP contribution < -0.4 is 10.6 Å². The Kier molecular flexibility index (Phi) is 3.98. The van der Waals surface area contributed by atoms with E-state index in [1.54, 1.807) is 24.6 Å². The van der Waals surface area contributed by atoms with Gasteiger partial charge in [-0.2, -0.15) is 10.2 Å². The average molecular weight is 291 g/mol. The number of hydrogen-bond donors (Lipinski definition) is 2. The molecule has 0 aliphatic heterocycles. The van der Waals surface area contributed by atoms with Crippen LogP contribution in [0.5, 0.6) is 0 Å². The third-order valence-electron chi connectivity index (χ3n) is 2.97. The van der Waals surface area contributed by atoms with Crippen LogP contribution in [-0.4, -0.2) is 9.97 Å². The fraction of sp³-hybridized carbons (Fsp3) is 0.0625. The van der Waals surface area contributed by atoms with Crippen LogP contribution in [0.2, 0.25) is 0 Å². The number of hydrogen-bond acceptors (Lipinski definition) is 6. The molecule has 6 nitrogen and oxygen atoms in total. The first-order valence-corrected chi connectivity index (χ1v) is 6.70. The Labute approximate surface area is 127 Å². The number of nitrogens with zero attached hydrogens (tertiary/aromatic N) is 3. The molecule has 6 heteroatoms. The van der Waals surface area contributed by atoms with Gasteiger partial charge in [-0.25, -0.2) is 4.98 Å². The van der Waals surface area contributed by atoms with Crippen molar-refractivity contribution in [2.75, 3.05) is 10.6 Å². The molecule has 1 aromatic carbocycles. The molecule has 0 saturated heterocycles. The molecule has 2 N–H and O–H groups in total. The number of anilines is 3. The number of furan rings is 1. The summed E-state index contributed by atoms with van der Waals surface area (Å²) in [5.74, 6) is 1.90. The van der Waals surface area contributed by atoms with Gasteiger partial charge in [-0.3, -0.25) is 0 Å². The van der Waals surface area contributed by atoms with Gasteiger partial charge in [0.05, 0.1) is 24.1 Å². The molecule has 0 amide bonds. The Hall–Kier alpha value is -3.33. The number of nitrogens with one attached hydrogen (secondary N) is 2. The molecule has 0 aliphatic rings. The monoisotopic (exact) mass is 291 g/mol. The van der Waals surface area contributed by atoms with E-state index < -0.39 is 0 Å². The number of benzene rings is 1. The molecule has 2 aromatic heterocycles.